The average molecular weight is 390 g/mol. The van der Waals surface area contributed by atoms with Crippen molar-refractivity contribution in [3.63, 3.8) is 0 Å². The predicted molar refractivity (Wildman–Crippen MR) is 95.7 cm³/mol. The van der Waals surface area contributed by atoms with E-state index < -0.39 is 40.0 Å². The van der Waals surface area contributed by atoms with Gasteiger partial charge in [-0.25, -0.2) is 8.78 Å². The second-order valence-corrected chi connectivity index (χ2v) is 7.81. The lowest BCUT2D eigenvalue weighted by molar-refractivity contribution is -0.125. The van der Waals surface area contributed by atoms with Gasteiger partial charge in [-0.15, -0.1) is 0 Å². The van der Waals surface area contributed by atoms with E-state index in [2.05, 4.69) is 10.6 Å². The first-order chi connectivity index (χ1) is 12.6. The van der Waals surface area contributed by atoms with E-state index in [-0.39, 0.29) is 16.3 Å². The van der Waals surface area contributed by atoms with Crippen LogP contribution in [0.25, 0.3) is 0 Å². The molecule has 0 bridgehead atoms. The van der Waals surface area contributed by atoms with Crippen LogP contribution in [0.5, 0.6) is 0 Å². The molecule has 0 aliphatic carbocycles. The number of amides is 2. The number of allylic oxidation sites excluding steroid dienone is 1. The maximum atomic E-state index is 13.7. The summed E-state index contributed by atoms with van der Waals surface area (Å²) < 4.78 is 26.9. The van der Waals surface area contributed by atoms with Crippen molar-refractivity contribution >= 4 is 29.3 Å². The molecule has 27 heavy (non-hydrogen) atoms. The fourth-order valence-electron chi connectivity index (χ4n) is 2.57. The average Bonchev–Trinajstić information content (AvgIpc) is 2.57. The lowest BCUT2D eigenvalue weighted by Crippen LogP contribution is -2.45. The molecule has 0 unspecified atom stereocenters. The van der Waals surface area contributed by atoms with Crippen molar-refractivity contribution in [2.45, 2.75) is 26.0 Å². The zero-order valence-electron chi connectivity index (χ0n) is 14.8. The predicted octanol–water partition coefficient (Wildman–Crippen LogP) is 3.06. The summed E-state index contributed by atoms with van der Waals surface area (Å²) in [7, 11) is 0. The van der Waals surface area contributed by atoms with Crippen molar-refractivity contribution in [3.05, 3.63) is 40.4 Å². The smallest absolute Gasteiger partial charge is 0.243 e. The van der Waals surface area contributed by atoms with Gasteiger partial charge in [0.25, 0.3) is 0 Å². The lowest BCUT2D eigenvalue weighted by Gasteiger charge is -2.35. The van der Waals surface area contributed by atoms with Gasteiger partial charge in [0, 0.05) is 11.5 Å². The Morgan fingerprint density at radius 3 is 2.63 bits per heavy atom. The van der Waals surface area contributed by atoms with Crippen LogP contribution in [-0.2, 0) is 9.59 Å². The molecule has 0 spiro atoms. The summed E-state index contributed by atoms with van der Waals surface area (Å²) in [5.74, 6) is -3.73. The molecule has 2 atom stereocenters. The number of carbonyl (C=O) groups excluding carboxylic acids is 2. The summed E-state index contributed by atoms with van der Waals surface area (Å²) in [6, 6.07) is 6.55. The van der Waals surface area contributed by atoms with Crippen LogP contribution in [0.4, 0.5) is 14.5 Å². The largest absolute Gasteiger partial charge is 0.323 e. The second kappa shape index (κ2) is 7.77. The Labute approximate surface area is 159 Å². The van der Waals surface area contributed by atoms with Gasteiger partial charge >= 0.3 is 0 Å². The number of nitrogens with one attached hydrogen (secondary N) is 2. The zero-order chi connectivity index (χ0) is 20.4. The summed E-state index contributed by atoms with van der Waals surface area (Å²) in [5, 5.41) is 22.8. The number of thioether (sulfide) groups is 1. The van der Waals surface area contributed by atoms with Gasteiger partial charge in [-0.05, 0) is 19.1 Å². The number of halogens is 2. The summed E-state index contributed by atoms with van der Waals surface area (Å²) >= 11 is 0.897. The fraction of sp³-hybridized carbons (Fsp3) is 0.333. The molecule has 140 valence electrons. The zero-order valence-corrected chi connectivity index (χ0v) is 15.6. The van der Waals surface area contributed by atoms with Gasteiger partial charge in [-0.2, -0.15) is 10.5 Å². The highest BCUT2D eigenvalue weighted by atomic mass is 32.2. The standard InChI is InChI=1S/C18H16F2N4O2S/c1-9(15(25)23-14-6-10(19)4-5-13(14)20)27-17-12(8-22)18(2,3)11(7-21)16(26)24-17/h4-6,9,11H,1-3H3,(H,23,25)(H,24,26)/t9-,11+/m0/s1. The molecule has 2 rings (SSSR count). The number of rotatable bonds is 4. The Kier molecular flexibility index (Phi) is 5.87. The Morgan fingerprint density at radius 2 is 2.04 bits per heavy atom. The van der Waals surface area contributed by atoms with E-state index in [0.29, 0.717) is 0 Å². The van der Waals surface area contributed by atoms with E-state index in [1.165, 1.54) is 6.92 Å². The van der Waals surface area contributed by atoms with Crippen molar-refractivity contribution < 1.29 is 18.4 Å². The van der Waals surface area contributed by atoms with Gasteiger partial charge in [0.1, 0.15) is 17.6 Å². The minimum atomic E-state index is -1.04. The highest BCUT2D eigenvalue weighted by Gasteiger charge is 2.45. The van der Waals surface area contributed by atoms with Gasteiger partial charge < -0.3 is 10.6 Å². The molecule has 1 aliphatic rings. The second-order valence-electron chi connectivity index (χ2n) is 6.46. The molecule has 2 N–H and O–H groups in total. The summed E-state index contributed by atoms with van der Waals surface area (Å²) in [6.07, 6.45) is 0. The Hall–Kier alpha value is -2.91. The molecule has 1 aliphatic heterocycles. The third kappa shape index (κ3) is 4.09. The van der Waals surface area contributed by atoms with Gasteiger partial charge in [0.05, 0.1) is 33.7 Å². The summed E-state index contributed by atoms with van der Waals surface area (Å²) in [6.45, 7) is 4.70. The molecule has 1 aromatic carbocycles. The van der Waals surface area contributed by atoms with E-state index in [0.717, 1.165) is 30.0 Å². The van der Waals surface area contributed by atoms with Crippen LogP contribution in [-0.4, -0.2) is 17.1 Å². The Balaban J connectivity index is 2.24. The third-order valence-electron chi connectivity index (χ3n) is 4.18. The van der Waals surface area contributed by atoms with Crippen LogP contribution in [0.2, 0.25) is 0 Å². The maximum Gasteiger partial charge on any atom is 0.243 e. The first-order valence-corrected chi connectivity index (χ1v) is 8.77. The number of nitriles is 2. The van der Waals surface area contributed by atoms with E-state index in [1.54, 1.807) is 13.8 Å². The summed E-state index contributed by atoms with van der Waals surface area (Å²) in [5.41, 5.74) is -1.16. The monoisotopic (exact) mass is 390 g/mol. The molecule has 0 aromatic heterocycles. The molecule has 0 radical (unpaired) electrons. The van der Waals surface area contributed by atoms with Crippen molar-refractivity contribution in [3.8, 4) is 12.1 Å². The lowest BCUT2D eigenvalue weighted by atomic mass is 9.72. The minimum absolute atomic E-state index is 0.168. The van der Waals surface area contributed by atoms with Crippen molar-refractivity contribution in [2.24, 2.45) is 11.3 Å². The van der Waals surface area contributed by atoms with Crippen molar-refractivity contribution in [1.29, 1.82) is 10.5 Å². The fourth-order valence-corrected chi connectivity index (χ4v) is 3.68. The molecule has 0 saturated carbocycles. The van der Waals surface area contributed by atoms with Crippen molar-refractivity contribution in [2.75, 3.05) is 5.32 Å². The normalized spacial score (nSPS) is 19.5. The number of hydrogen-bond acceptors (Lipinski definition) is 5. The SMILES string of the molecule is C[C@H](SC1=C(C#N)C(C)(C)[C@H](C#N)C(=O)N1)C(=O)Nc1cc(F)ccc1F. The molecule has 1 aromatic rings. The molecule has 6 nitrogen and oxygen atoms in total. The van der Waals surface area contributed by atoms with Crippen LogP contribution >= 0.6 is 11.8 Å². The van der Waals surface area contributed by atoms with Crippen LogP contribution in [0.1, 0.15) is 20.8 Å². The number of anilines is 1. The van der Waals surface area contributed by atoms with Gasteiger partial charge in [0.15, 0.2) is 0 Å². The Bertz CT molecular complexity index is 915. The van der Waals surface area contributed by atoms with E-state index in [4.69, 9.17) is 0 Å². The van der Waals surface area contributed by atoms with Crippen molar-refractivity contribution in [1.82, 2.24) is 5.32 Å². The van der Waals surface area contributed by atoms with Gasteiger partial charge in [0.2, 0.25) is 11.8 Å². The molecule has 1 heterocycles. The molecular weight excluding hydrogens is 374 g/mol. The quantitative estimate of drug-likeness (QED) is 0.822. The Morgan fingerprint density at radius 1 is 1.37 bits per heavy atom. The van der Waals surface area contributed by atoms with E-state index >= 15 is 0 Å². The van der Waals surface area contributed by atoms with Crippen LogP contribution < -0.4 is 10.6 Å². The first kappa shape index (κ1) is 20.4. The molecular formula is C18H16F2N4O2S. The van der Waals surface area contributed by atoms with E-state index in [9.17, 15) is 28.9 Å². The van der Waals surface area contributed by atoms with Crippen LogP contribution in [0, 0.1) is 45.6 Å². The number of nitrogens with zero attached hydrogens (tertiary/aromatic N) is 2. The van der Waals surface area contributed by atoms with Crippen LogP contribution in [0.3, 0.4) is 0 Å². The third-order valence-corrected chi connectivity index (χ3v) is 5.29. The molecule has 0 saturated heterocycles. The highest BCUT2D eigenvalue weighted by molar-refractivity contribution is 8.04. The molecule has 9 heteroatoms. The number of hydrogen-bond donors (Lipinski definition) is 2. The summed E-state index contributed by atoms with van der Waals surface area (Å²) in [4.78, 5) is 24.5. The topological polar surface area (TPSA) is 106 Å². The number of carbonyl (C=O) groups is 2. The minimum Gasteiger partial charge on any atom is -0.323 e. The van der Waals surface area contributed by atoms with Crippen LogP contribution in [0.15, 0.2) is 28.8 Å². The van der Waals surface area contributed by atoms with E-state index in [1.807, 2.05) is 12.1 Å². The highest BCUT2D eigenvalue weighted by Crippen LogP contribution is 2.42. The maximum absolute atomic E-state index is 13.7. The van der Waals surface area contributed by atoms with Gasteiger partial charge in [-0.3, -0.25) is 9.59 Å². The van der Waals surface area contributed by atoms with Gasteiger partial charge in [-0.1, -0.05) is 25.6 Å². The first-order valence-electron chi connectivity index (χ1n) is 7.89. The molecule has 0 fully saturated rings. The molecule has 2 amide bonds. The number of benzene rings is 1.